The summed E-state index contributed by atoms with van der Waals surface area (Å²) in [6.45, 7) is 5.83. The van der Waals surface area contributed by atoms with Crippen LogP contribution in [0.15, 0.2) is 24.3 Å². The smallest absolute Gasteiger partial charge is 0.0239 e. The van der Waals surface area contributed by atoms with Crippen molar-refractivity contribution in [1.29, 1.82) is 0 Å². The summed E-state index contributed by atoms with van der Waals surface area (Å²) < 4.78 is 0. The summed E-state index contributed by atoms with van der Waals surface area (Å²) in [5.41, 5.74) is 3.09. The molecule has 0 heterocycles. The van der Waals surface area contributed by atoms with Crippen LogP contribution in [0, 0.1) is 0 Å². The monoisotopic (exact) mass is 272 g/mol. The van der Waals surface area contributed by atoms with E-state index in [-0.39, 0.29) is 0 Å². The van der Waals surface area contributed by atoms with E-state index in [4.69, 9.17) is 0 Å². The number of rotatable bonds is 9. The largest absolute Gasteiger partial charge is 0.314 e. The van der Waals surface area contributed by atoms with Crippen LogP contribution >= 0.6 is 0 Å². The van der Waals surface area contributed by atoms with E-state index in [1.807, 2.05) is 0 Å². The van der Waals surface area contributed by atoms with E-state index in [0.29, 0.717) is 0 Å². The summed E-state index contributed by atoms with van der Waals surface area (Å²) in [6.07, 6.45) is 8.03. The number of nitrogens with zero attached hydrogens (tertiary/aromatic N) is 1. The summed E-state index contributed by atoms with van der Waals surface area (Å²) >= 11 is 0. The van der Waals surface area contributed by atoms with E-state index in [0.717, 1.165) is 25.2 Å². The number of benzene rings is 1. The Labute approximate surface area is 123 Å². The molecule has 2 heteroatoms. The molecule has 0 aliphatic heterocycles. The molecule has 3 rings (SSSR count). The Balaban J connectivity index is 1.58. The highest BCUT2D eigenvalue weighted by Crippen LogP contribution is 2.29. The molecule has 0 unspecified atom stereocenters. The third-order valence-electron chi connectivity index (χ3n) is 4.47. The van der Waals surface area contributed by atoms with Crippen LogP contribution in [-0.4, -0.2) is 30.1 Å². The quantitative estimate of drug-likeness (QED) is 0.741. The van der Waals surface area contributed by atoms with Crippen molar-refractivity contribution in [2.45, 2.75) is 64.1 Å². The Morgan fingerprint density at radius 1 is 1.10 bits per heavy atom. The minimum Gasteiger partial charge on any atom is -0.314 e. The van der Waals surface area contributed by atoms with E-state index >= 15 is 0 Å². The third kappa shape index (κ3) is 4.07. The fourth-order valence-electron chi connectivity index (χ4n) is 2.99. The highest BCUT2D eigenvalue weighted by atomic mass is 15.2. The molecular weight excluding hydrogens is 244 g/mol. The van der Waals surface area contributed by atoms with Crippen LogP contribution in [0.25, 0.3) is 0 Å². The van der Waals surface area contributed by atoms with Crippen LogP contribution < -0.4 is 5.32 Å². The molecule has 0 radical (unpaired) electrons. The third-order valence-corrected chi connectivity index (χ3v) is 4.47. The molecule has 110 valence electrons. The van der Waals surface area contributed by atoms with E-state index in [1.165, 1.54) is 45.1 Å². The minimum atomic E-state index is 0.824. The maximum absolute atomic E-state index is 3.63. The molecule has 1 aromatic rings. The van der Waals surface area contributed by atoms with Gasteiger partial charge in [-0.15, -0.1) is 0 Å². The molecule has 0 bridgehead atoms. The Kier molecular flexibility index (Phi) is 4.74. The van der Waals surface area contributed by atoms with Gasteiger partial charge in [-0.3, -0.25) is 4.90 Å². The predicted molar refractivity (Wildman–Crippen MR) is 84.9 cm³/mol. The molecular formula is C18H28N2. The van der Waals surface area contributed by atoms with Gasteiger partial charge in [-0.2, -0.15) is 0 Å². The number of hydrogen-bond acceptors (Lipinski definition) is 2. The maximum Gasteiger partial charge on any atom is 0.0239 e. The minimum absolute atomic E-state index is 0.824. The van der Waals surface area contributed by atoms with Crippen LogP contribution in [0.2, 0.25) is 0 Å². The molecule has 0 aromatic heterocycles. The van der Waals surface area contributed by atoms with E-state index in [1.54, 1.807) is 11.1 Å². The normalized spacial score (nSPS) is 18.7. The van der Waals surface area contributed by atoms with Gasteiger partial charge >= 0.3 is 0 Å². The molecule has 2 nitrogen and oxygen atoms in total. The molecule has 0 atom stereocenters. The molecule has 1 aromatic carbocycles. The topological polar surface area (TPSA) is 15.3 Å². The van der Waals surface area contributed by atoms with Gasteiger partial charge in [0.2, 0.25) is 0 Å². The van der Waals surface area contributed by atoms with Gasteiger partial charge in [0, 0.05) is 18.6 Å². The first-order valence-electron chi connectivity index (χ1n) is 8.41. The lowest BCUT2D eigenvalue weighted by Crippen LogP contribution is -2.27. The zero-order valence-electron chi connectivity index (χ0n) is 12.8. The van der Waals surface area contributed by atoms with Gasteiger partial charge in [-0.1, -0.05) is 31.2 Å². The Bertz CT molecular complexity index is 421. The van der Waals surface area contributed by atoms with Crippen molar-refractivity contribution in [2.24, 2.45) is 0 Å². The number of nitrogens with one attached hydrogen (secondary N) is 1. The van der Waals surface area contributed by atoms with Crippen LogP contribution in [0.4, 0.5) is 0 Å². The predicted octanol–water partition coefficient (Wildman–Crippen LogP) is 3.36. The van der Waals surface area contributed by atoms with Gasteiger partial charge in [-0.05, 0) is 62.7 Å². The summed E-state index contributed by atoms with van der Waals surface area (Å²) in [7, 11) is 0. The first-order chi connectivity index (χ1) is 9.86. The van der Waals surface area contributed by atoms with Crippen LogP contribution in [0.3, 0.4) is 0 Å². The fourth-order valence-corrected chi connectivity index (χ4v) is 2.99. The Morgan fingerprint density at radius 3 is 2.50 bits per heavy atom. The molecule has 2 fully saturated rings. The molecule has 0 spiro atoms. The first kappa shape index (κ1) is 14.1. The average molecular weight is 272 g/mol. The second-order valence-electron chi connectivity index (χ2n) is 6.45. The van der Waals surface area contributed by atoms with E-state index < -0.39 is 0 Å². The van der Waals surface area contributed by atoms with Gasteiger partial charge in [0.25, 0.3) is 0 Å². The van der Waals surface area contributed by atoms with Crippen molar-refractivity contribution in [3.05, 3.63) is 35.4 Å². The van der Waals surface area contributed by atoms with Gasteiger partial charge in [0.1, 0.15) is 0 Å². The molecule has 1 N–H and O–H groups in total. The van der Waals surface area contributed by atoms with Crippen LogP contribution in [-0.2, 0) is 13.0 Å². The van der Waals surface area contributed by atoms with E-state index in [2.05, 4.69) is 41.4 Å². The van der Waals surface area contributed by atoms with Crippen molar-refractivity contribution in [3.63, 3.8) is 0 Å². The lowest BCUT2D eigenvalue weighted by atomic mass is 10.0. The second kappa shape index (κ2) is 6.73. The average Bonchev–Trinajstić information content (AvgIpc) is 3.34. The number of hydrogen-bond donors (Lipinski definition) is 1. The molecule has 2 aliphatic carbocycles. The summed E-state index contributed by atoms with van der Waals surface area (Å²) in [4.78, 5) is 2.69. The van der Waals surface area contributed by atoms with Gasteiger partial charge in [0.15, 0.2) is 0 Å². The van der Waals surface area contributed by atoms with E-state index in [9.17, 15) is 0 Å². The van der Waals surface area contributed by atoms with Gasteiger partial charge in [-0.25, -0.2) is 0 Å². The molecule has 0 amide bonds. The van der Waals surface area contributed by atoms with Gasteiger partial charge in [0.05, 0.1) is 0 Å². The zero-order chi connectivity index (χ0) is 13.8. The maximum atomic E-state index is 3.63. The van der Waals surface area contributed by atoms with Crippen molar-refractivity contribution in [2.75, 3.05) is 13.1 Å². The molecule has 2 saturated carbocycles. The van der Waals surface area contributed by atoms with Crippen molar-refractivity contribution in [3.8, 4) is 0 Å². The van der Waals surface area contributed by atoms with Crippen molar-refractivity contribution >= 4 is 0 Å². The van der Waals surface area contributed by atoms with Crippen LogP contribution in [0.1, 0.15) is 50.2 Å². The summed E-state index contributed by atoms with van der Waals surface area (Å²) in [5, 5.41) is 3.63. The SMILES string of the molecule is CCCN(Cc1ccccc1CCNC1CC1)C1CC1. The van der Waals surface area contributed by atoms with Gasteiger partial charge < -0.3 is 5.32 Å². The fraction of sp³-hybridized carbons (Fsp3) is 0.667. The summed E-state index contributed by atoms with van der Waals surface area (Å²) in [5.74, 6) is 0. The summed E-state index contributed by atoms with van der Waals surface area (Å²) in [6, 6.07) is 10.7. The molecule has 2 aliphatic rings. The van der Waals surface area contributed by atoms with Crippen molar-refractivity contribution in [1.82, 2.24) is 10.2 Å². The molecule has 0 saturated heterocycles. The zero-order valence-corrected chi connectivity index (χ0v) is 12.8. The highest BCUT2D eigenvalue weighted by molar-refractivity contribution is 5.27. The lowest BCUT2D eigenvalue weighted by Gasteiger charge is -2.23. The molecule has 20 heavy (non-hydrogen) atoms. The second-order valence-corrected chi connectivity index (χ2v) is 6.45. The van der Waals surface area contributed by atoms with Crippen molar-refractivity contribution < 1.29 is 0 Å². The Hall–Kier alpha value is -0.860. The first-order valence-corrected chi connectivity index (χ1v) is 8.41. The Morgan fingerprint density at radius 2 is 1.85 bits per heavy atom. The standard InChI is InChI=1S/C18H28N2/c1-2-13-20(18-9-10-18)14-16-6-4-3-5-15(16)11-12-19-17-7-8-17/h3-6,17-19H,2,7-14H2,1H3. The lowest BCUT2D eigenvalue weighted by molar-refractivity contribution is 0.254. The van der Waals surface area contributed by atoms with Crippen LogP contribution in [0.5, 0.6) is 0 Å². The highest BCUT2D eigenvalue weighted by Gasteiger charge is 2.28.